The minimum absolute atomic E-state index is 0.0345. The zero-order valence-electron chi connectivity index (χ0n) is 27.2. The third-order valence-electron chi connectivity index (χ3n) is 6.91. The molecule has 0 aromatic heterocycles. The molecule has 0 saturated heterocycles. The Morgan fingerprint density at radius 2 is 1.21 bits per heavy atom. The van der Waals surface area contributed by atoms with Crippen molar-refractivity contribution in [1.29, 1.82) is 0 Å². The summed E-state index contributed by atoms with van der Waals surface area (Å²) in [5, 5.41) is 10.1. The second kappa shape index (κ2) is 18.8. The van der Waals surface area contributed by atoms with Crippen molar-refractivity contribution in [3.8, 4) is 23.0 Å². The Hall–Kier alpha value is -5.12. The van der Waals surface area contributed by atoms with Gasteiger partial charge < -0.3 is 28.8 Å². The highest BCUT2D eigenvalue weighted by molar-refractivity contribution is 5.97. The van der Waals surface area contributed by atoms with Crippen molar-refractivity contribution < 1.29 is 48.0 Å². The predicted molar refractivity (Wildman–Crippen MR) is 176 cm³/mol. The highest BCUT2D eigenvalue weighted by Gasteiger charge is 2.23. The SMILES string of the molecule is C=C(C)C(=O)OCCCCc1cc(OC(=O)c2ccc(OCCCC)cc2)cc(C(=O)O)c1OC(=O)c1ccc(OCCCC)cc1. The van der Waals surface area contributed by atoms with Crippen molar-refractivity contribution in [2.75, 3.05) is 19.8 Å². The molecule has 0 spiro atoms. The van der Waals surface area contributed by atoms with E-state index in [2.05, 4.69) is 20.4 Å². The lowest BCUT2D eigenvalue weighted by molar-refractivity contribution is -0.139. The Balaban J connectivity index is 1.84. The third kappa shape index (κ3) is 11.6. The highest BCUT2D eigenvalue weighted by atomic mass is 16.5. The number of hydrogen-bond acceptors (Lipinski definition) is 9. The van der Waals surface area contributed by atoms with Crippen molar-refractivity contribution in [3.05, 3.63) is 95.1 Å². The Bertz CT molecular complexity index is 1520. The summed E-state index contributed by atoms with van der Waals surface area (Å²) < 4.78 is 27.7. The molecule has 0 radical (unpaired) electrons. The molecule has 0 bridgehead atoms. The molecule has 10 nitrogen and oxygen atoms in total. The molecule has 0 aliphatic heterocycles. The van der Waals surface area contributed by atoms with Crippen molar-refractivity contribution in [1.82, 2.24) is 0 Å². The fraction of sp³-hybridized carbons (Fsp3) is 0.351. The summed E-state index contributed by atoms with van der Waals surface area (Å²) in [6.07, 6.45) is 4.88. The molecule has 1 N–H and O–H groups in total. The lowest BCUT2D eigenvalue weighted by Crippen LogP contribution is -2.15. The summed E-state index contributed by atoms with van der Waals surface area (Å²) in [6, 6.07) is 15.4. The first-order chi connectivity index (χ1) is 22.6. The number of carbonyl (C=O) groups excluding carboxylic acids is 3. The first-order valence-electron chi connectivity index (χ1n) is 15.8. The lowest BCUT2D eigenvalue weighted by atomic mass is 10.0. The third-order valence-corrected chi connectivity index (χ3v) is 6.91. The lowest BCUT2D eigenvalue weighted by Gasteiger charge is -2.16. The van der Waals surface area contributed by atoms with Gasteiger partial charge in [0.05, 0.1) is 30.9 Å². The van der Waals surface area contributed by atoms with Crippen LogP contribution in [0.25, 0.3) is 0 Å². The van der Waals surface area contributed by atoms with Crippen molar-refractivity contribution in [3.63, 3.8) is 0 Å². The minimum atomic E-state index is -1.38. The molecule has 0 unspecified atom stereocenters. The van der Waals surface area contributed by atoms with Crippen LogP contribution in [0.3, 0.4) is 0 Å². The van der Waals surface area contributed by atoms with Crippen LogP contribution in [0.2, 0.25) is 0 Å². The van der Waals surface area contributed by atoms with E-state index in [4.69, 9.17) is 23.7 Å². The van der Waals surface area contributed by atoms with E-state index in [-0.39, 0.29) is 46.8 Å². The Kier molecular flexibility index (Phi) is 14.5. The van der Waals surface area contributed by atoms with Gasteiger partial charge in [0.1, 0.15) is 28.6 Å². The number of ether oxygens (including phenoxy) is 5. The maximum atomic E-state index is 13.2. The zero-order chi connectivity index (χ0) is 34.2. The molecule has 0 saturated carbocycles. The molecule has 250 valence electrons. The van der Waals surface area contributed by atoms with Crippen LogP contribution in [0, 0.1) is 0 Å². The van der Waals surface area contributed by atoms with Crippen LogP contribution < -0.4 is 18.9 Å². The van der Waals surface area contributed by atoms with E-state index < -0.39 is 23.9 Å². The Morgan fingerprint density at radius 1 is 0.681 bits per heavy atom. The van der Waals surface area contributed by atoms with Gasteiger partial charge in [-0.05, 0) is 105 Å². The molecule has 10 heteroatoms. The van der Waals surface area contributed by atoms with Crippen LogP contribution in [-0.2, 0) is 16.0 Å². The van der Waals surface area contributed by atoms with Gasteiger partial charge in [0.2, 0.25) is 0 Å². The number of benzene rings is 3. The summed E-state index contributed by atoms with van der Waals surface area (Å²) in [4.78, 5) is 50.3. The van der Waals surface area contributed by atoms with Gasteiger partial charge in [0.15, 0.2) is 0 Å². The fourth-order valence-electron chi connectivity index (χ4n) is 4.25. The van der Waals surface area contributed by atoms with Crippen LogP contribution in [-0.4, -0.2) is 48.8 Å². The van der Waals surface area contributed by atoms with Gasteiger partial charge in [-0.15, -0.1) is 0 Å². The Labute approximate surface area is 275 Å². The van der Waals surface area contributed by atoms with Gasteiger partial charge in [-0.2, -0.15) is 0 Å². The molecule has 3 aromatic rings. The smallest absolute Gasteiger partial charge is 0.343 e. The molecular formula is C37H42O10. The number of aryl methyl sites for hydroxylation is 1. The topological polar surface area (TPSA) is 135 Å². The van der Waals surface area contributed by atoms with E-state index in [9.17, 15) is 24.3 Å². The van der Waals surface area contributed by atoms with Gasteiger partial charge in [-0.1, -0.05) is 33.3 Å². The van der Waals surface area contributed by atoms with E-state index in [0.29, 0.717) is 43.1 Å². The predicted octanol–water partition coefficient (Wildman–Crippen LogP) is 7.62. The second-order valence-corrected chi connectivity index (χ2v) is 10.9. The molecule has 0 aliphatic carbocycles. The molecular weight excluding hydrogens is 604 g/mol. The van der Waals surface area contributed by atoms with Gasteiger partial charge >= 0.3 is 23.9 Å². The van der Waals surface area contributed by atoms with Crippen LogP contribution in [0.15, 0.2) is 72.8 Å². The first-order valence-corrected chi connectivity index (χ1v) is 15.8. The van der Waals surface area contributed by atoms with E-state index >= 15 is 0 Å². The molecule has 0 aliphatic rings. The molecule has 3 rings (SSSR count). The number of carboxylic acid groups (broad SMARTS) is 1. The summed E-state index contributed by atoms with van der Waals surface area (Å²) >= 11 is 0. The highest BCUT2D eigenvalue weighted by Crippen LogP contribution is 2.33. The molecule has 0 atom stereocenters. The number of unbranched alkanes of at least 4 members (excludes halogenated alkanes) is 3. The second-order valence-electron chi connectivity index (χ2n) is 10.9. The molecule has 3 aromatic carbocycles. The summed E-state index contributed by atoms with van der Waals surface area (Å²) in [7, 11) is 0. The monoisotopic (exact) mass is 646 g/mol. The van der Waals surface area contributed by atoms with Crippen LogP contribution in [0.5, 0.6) is 23.0 Å². The van der Waals surface area contributed by atoms with Gasteiger partial charge in [0.25, 0.3) is 0 Å². The van der Waals surface area contributed by atoms with Crippen LogP contribution >= 0.6 is 0 Å². The van der Waals surface area contributed by atoms with E-state index in [0.717, 1.165) is 31.7 Å². The van der Waals surface area contributed by atoms with Gasteiger partial charge in [0, 0.05) is 5.57 Å². The van der Waals surface area contributed by atoms with Crippen LogP contribution in [0.1, 0.15) is 95.9 Å². The number of rotatable bonds is 19. The molecule has 47 heavy (non-hydrogen) atoms. The minimum Gasteiger partial charge on any atom is -0.494 e. The summed E-state index contributed by atoms with van der Waals surface area (Å²) in [5.41, 5.74) is 0.680. The maximum absolute atomic E-state index is 13.2. The van der Waals surface area contributed by atoms with Gasteiger partial charge in [-0.25, -0.2) is 19.2 Å². The van der Waals surface area contributed by atoms with E-state index in [1.807, 2.05) is 0 Å². The largest absolute Gasteiger partial charge is 0.494 e. The van der Waals surface area contributed by atoms with Crippen molar-refractivity contribution >= 4 is 23.9 Å². The molecule has 0 fully saturated rings. The van der Waals surface area contributed by atoms with Crippen molar-refractivity contribution in [2.45, 2.75) is 65.7 Å². The summed E-state index contributed by atoms with van der Waals surface area (Å²) in [5.74, 6) is -2.35. The number of carbonyl (C=O) groups is 4. The number of aromatic carboxylic acids is 1. The quantitative estimate of drug-likeness (QED) is 0.0600. The molecule has 0 heterocycles. The van der Waals surface area contributed by atoms with E-state index in [1.165, 1.54) is 18.2 Å². The number of hydrogen-bond donors (Lipinski definition) is 1. The Morgan fingerprint density at radius 3 is 1.70 bits per heavy atom. The number of carboxylic acids is 1. The molecule has 0 amide bonds. The maximum Gasteiger partial charge on any atom is 0.343 e. The van der Waals surface area contributed by atoms with Gasteiger partial charge in [-0.3, -0.25) is 0 Å². The fourth-order valence-corrected chi connectivity index (χ4v) is 4.25. The normalized spacial score (nSPS) is 10.5. The summed E-state index contributed by atoms with van der Waals surface area (Å²) in [6.45, 7) is 10.4. The standard InChI is InChI=1S/C37H42O10/c1-5-7-20-43-29-16-12-26(13-17-29)36(41)46-31-23-28(11-9-10-22-45-35(40)25(3)4)33(32(24-31)34(38)39)47-37(42)27-14-18-30(19-15-27)44-21-8-6-2/h12-19,23-24H,3,5-11,20-22H2,1-2,4H3,(H,38,39). The van der Waals surface area contributed by atoms with E-state index in [1.54, 1.807) is 43.3 Å². The zero-order valence-corrected chi connectivity index (χ0v) is 27.2. The number of esters is 3. The van der Waals surface area contributed by atoms with Crippen molar-refractivity contribution in [2.24, 2.45) is 0 Å². The van der Waals surface area contributed by atoms with Crippen LogP contribution in [0.4, 0.5) is 0 Å². The first kappa shape index (κ1) is 36.3. The average molecular weight is 647 g/mol. The average Bonchev–Trinajstić information content (AvgIpc) is 3.06.